The van der Waals surface area contributed by atoms with Crippen molar-refractivity contribution in [1.29, 1.82) is 0 Å². The molecular weight excluding hydrogens is 253 g/mol. The van der Waals surface area contributed by atoms with Crippen LogP contribution in [0.15, 0.2) is 12.1 Å². The summed E-state index contributed by atoms with van der Waals surface area (Å²) >= 11 is 1.74. The van der Waals surface area contributed by atoms with Crippen molar-refractivity contribution in [2.75, 3.05) is 19.1 Å². The maximum absolute atomic E-state index is 13.6. The van der Waals surface area contributed by atoms with Gasteiger partial charge in [-0.05, 0) is 6.26 Å². The average molecular weight is 269 g/mol. The fraction of sp³-hybridized carbons (Fsp3) is 0.417. The lowest BCUT2D eigenvalue weighted by Crippen LogP contribution is -2.11. The van der Waals surface area contributed by atoms with Crippen LogP contribution in [0.2, 0.25) is 0 Å². The second-order valence-electron chi connectivity index (χ2n) is 4.10. The highest BCUT2D eigenvalue weighted by molar-refractivity contribution is 7.99. The van der Waals surface area contributed by atoms with E-state index in [0.717, 1.165) is 12.1 Å². The molecule has 0 saturated carbocycles. The molecule has 0 spiro atoms. The quantitative estimate of drug-likeness (QED) is 0.926. The smallest absolute Gasteiger partial charge is 0.201 e. The molecule has 1 aromatic heterocycles. The van der Waals surface area contributed by atoms with E-state index in [1.807, 2.05) is 10.8 Å². The van der Waals surface area contributed by atoms with Crippen molar-refractivity contribution in [2.24, 2.45) is 0 Å². The van der Waals surface area contributed by atoms with Crippen LogP contribution in [0.5, 0.6) is 5.75 Å². The van der Waals surface area contributed by atoms with Crippen molar-refractivity contribution in [2.45, 2.75) is 18.7 Å². The second kappa shape index (κ2) is 5.06. The molecule has 0 aliphatic carbocycles. The van der Waals surface area contributed by atoms with Crippen molar-refractivity contribution in [1.82, 2.24) is 9.55 Å². The first-order chi connectivity index (χ1) is 8.56. The summed E-state index contributed by atoms with van der Waals surface area (Å²) in [6.07, 6.45) is 2.04. The Bertz CT molecular complexity index is 570. The van der Waals surface area contributed by atoms with Crippen LogP contribution in [0.3, 0.4) is 0 Å². The summed E-state index contributed by atoms with van der Waals surface area (Å²) in [5, 5.41) is 0.403. The van der Waals surface area contributed by atoms with Gasteiger partial charge in [0, 0.05) is 23.9 Å². The molecule has 6 heteroatoms. The third-order valence-corrected chi connectivity index (χ3v) is 3.85. The summed E-state index contributed by atoms with van der Waals surface area (Å²) in [5.41, 5.74) is 7.23. The van der Waals surface area contributed by atoms with Crippen LogP contribution in [0.1, 0.15) is 6.92 Å². The molecule has 1 heterocycles. The number of nitrogens with two attached hydrogens (primary N) is 1. The summed E-state index contributed by atoms with van der Waals surface area (Å²) in [6.45, 7) is 2.84. The summed E-state index contributed by atoms with van der Waals surface area (Å²) in [5.74, 6) is 0.187. The molecule has 0 aliphatic heterocycles. The lowest BCUT2D eigenvalue weighted by molar-refractivity contribution is 0.387. The van der Waals surface area contributed by atoms with Gasteiger partial charge < -0.3 is 15.0 Å². The van der Waals surface area contributed by atoms with E-state index in [1.165, 1.54) is 13.2 Å². The molecule has 1 atom stereocenters. The first-order valence-corrected chi connectivity index (χ1v) is 6.87. The zero-order valence-corrected chi connectivity index (χ0v) is 11.4. The van der Waals surface area contributed by atoms with Gasteiger partial charge in [0.1, 0.15) is 0 Å². The van der Waals surface area contributed by atoms with E-state index in [0.29, 0.717) is 16.7 Å². The Kier molecular flexibility index (Phi) is 3.65. The number of nitrogens with zero attached hydrogens (tertiary/aromatic N) is 2. The Morgan fingerprint density at radius 3 is 2.89 bits per heavy atom. The molecule has 0 aliphatic rings. The Morgan fingerprint density at radius 1 is 1.56 bits per heavy atom. The van der Waals surface area contributed by atoms with Crippen molar-refractivity contribution < 1.29 is 9.13 Å². The van der Waals surface area contributed by atoms with Gasteiger partial charge in [-0.3, -0.25) is 0 Å². The first kappa shape index (κ1) is 13.0. The molecule has 2 rings (SSSR count). The SMILES string of the molecule is COc1cc2c(cc1F)nc(N)n2CC(C)SC. The van der Waals surface area contributed by atoms with Gasteiger partial charge in [0.25, 0.3) is 0 Å². The highest BCUT2D eigenvalue weighted by Crippen LogP contribution is 2.27. The van der Waals surface area contributed by atoms with Crippen LogP contribution >= 0.6 is 11.8 Å². The van der Waals surface area contributed by atoms with Gasteiger partial charge in [-0.1, -0.05) is 6.92 Å². The van der Waals surface area contributed by atoms with E-state index in [4.69, 9.17) is 10.5 Å². The van der Waals surface area contributed by atoms with Gasteiger partial charge in [0.2, 0.25) is 5.95 Å². The number of methoxy groups -OCH3 is 1. The summed E-state index contributed by atoms with van der Waals surface area (Å²) in [4.78, 5) is 4.17. The molecule has 0 bridgehead atoms. The van der Waals surface area contributed by atoms with Crippen LogP contribution in [-0.2, 0) is 6.54 Å². The molecule has 0 fully saturated rings. The van der Waals surface area contributed by atoms with Crippen LogP contribution in [0, 0.1) is 5.82 Å². The van der Waals surface area contributed by atoms with Gasteiger partial charge in [-0.2, -0.15) is 11.8 Å². The molecule has 2 N–H and O–H groups in total. The van der Waals surface area contributed by atoms with Gasteiger partial charge in [0.05, 0.1) is 18.1 Å². The number of thioether (sulfide) groups is 1. The zero-order valence-electron chi connectivity index (χ0n) is 10.6. The van der Waals surface area contributed by atoms with Crippen LogP contribution in [0.4, 0.5) is 10.3 Å². The third kappa shape index (κ3) is 2.25. The molecule has 0 saturated heterocycles. The second-order valence-corrected chi connectivity index (χ2v) is 5.38. The number of imidazole rings is 1. The minimum atomic E-state index is -0.424. The Balaban J connectivity index is 2.55. The van der Waals surface area contributed by atoms with Gasteiger partial charge >= 0.3 is 0 Å². The van der Waals surface area contributed by atoms with Gasteiger partial charge in [-0.25, -0.2) is 9.37 Å². The molecule has 1 unspecified atom stereocenters. The number of nitrogen functional groups attached to an aromatic ring is 1. The van der Waals surface area contributed by atoms with Crippen LogP contribution < -0.4 is 10.5 Å². The van der Waals surface area contributed by atoms with Crippen molar-refractivity contribution in [3.05, 3.63) is 17.9 Å². The van der Waals surface area contributed by atoms with Crippen molar-refractivity contribution >= 4 is 28.7 Å². The predicted octanol–water partition coefficient (Wildman–Crippen LogP) is 2.52. The van der Waals surface area contributed by atoms with Crippen LogP contribution in [0.25, 0.3) is 11.0 Å². The first-order valence-electron chi connectivity index (χ1n) is 5.58. The average Bonchev–Trinajstić information content (AvgIpc) is 2.64. The highest BCUT2D eigenvalue weighted by Gasteiger charge is 2.14. The molecule has 4 nitrogen and oxygen atoms in total. The topological polar surface area (TPSA) is 53.1 Å². The zero-order chi connectivity index (χ0) is 13.3. The van der Waals surface area contributed by atoms with E-state index in [1.54, 1.807) is 17.8 Å². The third-order valence-electron chi connectivity index (χ3n) is 2.89. The molecule has 0 radical (unpaired) electrons. The lowest BCUT2D eigenvalue weighted by Gasteiger charge is -2.12. The van der Waals surface area contributed by atoms with Crippen molar-refractivity contribution in [3.8, 4) is 5.75 Å². The van der Waals surface area contributed by atoms with Crippen molar-refractivity contribution in [3.63, 3.8) is 0 Å². The minimum Gasteiger partial charge on any atom is -0.494 e. The largest absolute Gasteiger partial charge is 0.494 e. The molecule has 98 valence electrons. The molecular formula is C12H16FN3OS. The van der Waals surface area contributed by atoms with E-state index in [-0.39, 0.29) is 5.75 Å². The lowest BCUT2D eigenvalue weighted by atomic mass is 10.3. The fourth-order valence-electron chi connectivity index (χ4n) is 1.83. The number of halogens is 1. The standard InChI is InChI=1S/C12H16FN3OS/c1-7(18-3)6-16-10-5-11(17-2)8(13)4-9(10)15-12(16)14/h4-5,7H,6H2,1-3H3,(H2,14,15). The number of rotatable bonds is 4. The number of benzene rings is 1. The number of aromatic nitrogens is 2. The number of fused-ring (bicyclic) bond motifs is 1. The van der Waals surface area contributed by atoms with Crippen LogP contribution in [-0.4, -0.2) is 28.2 Å². The Hall–Kier alpha value is -1.43. The number of hydrogen-bond donors (Lipinski definition) is 1. The molecule has 18 heavy (non-hydrogen) atoms. The predicted molar refractivity (Wildman–Crippen MR) is 73.6 cm³/mol. The maximum Gasteiger partial charge on any atom is 0.201 e. The summed E-state index contributed by atoms with van der Waals surface area (Å²) in [7, 11) is 1.44. The minimum absolute atomic E-state index is 0.209. The molecule has 1 aromatic carbocycles. The summed E-state index contributed by atoms with van der Waals surface area (Å²) < 4.78 is 20.4. The molecule has 2 aromatic rings. The number of hydrogen-bond acceptors (Lipinski definition) is 4. The van der Waals surface area contributed by atoms with Gasteiger partial charge in [-0.15, -0.1) is 0 Å². The number of anilines is 1. The normalized spacial score (nSPS) is 12.9. The highest BCUT2D eigenvalue weighted by atomic mass is 32.2. The Labute approximate surface area is 109 Å². The number of ether oxygens (including phenoxy) is 1. The van der Waals surface area contributed by atoms with E-state index in [2.05, 4.69) is 11.9 Å². The summed E-state index contributed by atoms with van der Waals surface area (Å²) in [6, 6.07) is 2.99. The monoisotopic (exact) mass is 269 g/mol. The van der Waals surface area contributed by atoms with E-state index < -0.39 is 5.82 Å². The maximum atomic E-state index is 13.6. The van der Waals surface area contributed by atoms with Gasteiger partial charge in [0.15, 0.2) is 11.6 Å². The molecule has 0 amide bonds. The fourth-order valence-corrected chi connectivity index (χ4v) is 2.12. The van der Waals surface area contributed by atoms with E-state index in [9.17, 15) is 4.39 Å². The van der Waals surface area contributed by atoms with E-state index >= 15 is 0 Å². The Morgan fingerprint density at radius 2 is 2.28 bits per heavy atom.